The lowest BCUT2D eigenvalue weighted by molar-refractivity contribution is -0.132. The van der Waals surface area contributed by atoms with Crippen molar-refractivity contribution in [3.63, 3.8) is 0 Å². The Bertz CT molecular complexity index is 1290. The second-order valence-electron chi connectivity index (χ2n) is 8.68. The van der Waals surface area contributed by atoms with Crippen LogP contribution in [0.5, 0.6) is 11.5 Å². The number of ether oxygens (including phenoxy) is 2. The van der Waals surface area contributed by atoms with E-state index in [4.69, 9.17) is 9.47 Å². The fourth-order valence-corrected chi connectivity index (χ4v) is 4.94. The predicted molar refractivity (Wildman–Crippen MR) is 136 cm³/mol. The highest BCUT2D eigenvalue weighted by molar-refractivity contribution is 7.07. The van der Waals surface area contributed by atoms with E-state index in [1.54, 1.807) is 34.2 Å². The summed E-state index contributed by atoms with van der Waals surface area (Å²) in [5.74, 6) is 1.72. The molecule has 1 amide bonds. The molecule has 0 aliphatic carbocycles. The highest BCUT2D eigenvalue weighted by Crippen LogP contribution is 2.31. The Morgan fingerprint density at radius 2 is 2.11 bits per heavy atom. The number of amides is 1. The third kappa shape index (κ3) is 5.39. The van der Waals surface area contributed by atoms with Gasteiger partial charge in [0.1, 0.15) is 17.6 Å². The number of hydrogen-bond acceptors (Lipinski definition) is 6. The smallest absolute Gasteiger partial charge is 0.236 e. The first-order chi connectivity index (χ1) is 17.1. The van der Waals surface area contributed by atoms with E-state index in [-0.39, 0.29) is 12.0 Å². The van der Waals surface area contributed by atoms with Gasteiger partial charge in [-0.15, -0.1) is 0 Å². The average Bonchev–Trinajstić information content (AvgIpc) is 3.54. The molecule has 0 saturated carbocycles. The SMILES string of the molecule is COc1cccc(-n2cc(CN(C)C(=O)CN3Cc4ccccc4OC(c4ccsc4)C3)cn2)c1. The number of likely N-dealkylation sites (N-methyl/N-ethyl adjacent to an activating group) is 1. The fourth-order valence-electron chi connectivity index (χ4n) is 4.24. The molecule has 8 heteroatoms. The molecular weight excluding hydrogens is 460 g/mol. The van der Waals surface area contributed by atoms with Crippen LogP contribution in [0.25, 0.3) is 5.69 Å². The first-order valence-electron chi connectivity index (χ1n) is 11.5. The molecule has 0 fully saturated rings. The maximum Gasteiger partial charge on any atom is 0.236 e. The van der Waals surface area contributed by atoms with E-state index in [2.05, 4.69) is 32.9 Å². The minimum atomic E-state index is -0.107. The maximum absolute atomic E-state index is 13.2. The molecule has 0 N–H and O–H groups in total. The number of hydrogen-bond donors (Lipinski definition) is 0. The van der Waals surface area contributed by atoms with E-state index >= 15 is 0 Å². The monoisotopic (exact) mass is 488 g/mol. The van der Waals surface area contributed by atoms with Crippen LogP contribution in [0.4, 0.5) is 0 Å². The maximum atomic E-state index is 13.2. The summed E-state index contributed by atoms with van der Waals surface area (Å²) < 4.78 is 13.5. The topological polar surface area (TPSA) is 59.8 Å². The molecular formula is C27H28N4O3S. The van der Waals surface area contributed by atoms with Crippen molar-refractivity contribution in [1.82, 2.24) is 19.6 Å². The van der Waals surface area contributed by atoms with Crippen LogP contribution < -0.4 is 9.47 Å². The molecule has 5 rings (SSSR count). The first-order valence-corrected chi connectivity index (χ1v) is 12.4. The molecule has 0 radical (unpaired) electrons. The Hall–Kier alpha value is -3.62. The molecule has 7 nitrogen and oxygen atoms in total. The van der Waals surface area contributed by atoms with Gasteiger partial charge in [0.25, 0.3) is 0 Å². The number of methoxy groups -OCH3 is 1. The Labute approximate surface area is 209 Å². The van der Waals surface area contributed by atoms with Crippen molar-refractivity contribution in [3.05, 3.63) is 94.4 Å². The second-order valence-corrected chi connectivity index (χ2v) is 9.46. The summed E-state index contributed by atoms with van der Waals surface area (Å²) in [5, 5.41) is 8.64. The standard InChI is InChI=1S/C27H28N4O3S/c1-29(14-20-13-28-31(15-20)23-7-5-8-24(12-23)33-2)27(32)18-30-16-21-6-3-4-9-25(21)34-26(17-30)22-10-11-35-19-22/h3-13,15,19,26H,14,16-18H2,1-2H3. The van der Waals surface area contributed by atoms with Gasteiger partial charge in [-0.1, -0.05) is 24.3 Å². The summed E-state index contributed by atoms with van der Waals surface area (Å²) in [4.78, 5) is 17.1. The van der Waals surface area contributed by atoms with E-state index in [1.807, 2.05) is 55.7 Å². The van der Waals surface area contributed by atoms with E-state index in [0.29, 0.717) is 26.2 Å². The van der Waals surface area contributed by atoms with Crippen LogP contribution in [0.2, 0.25) is 0 Å². The first kappa shape index (κ1) is 23.1. The predicted octanol–water partition coefficient (Wildman–Crippen LogP) is 4.54. The van der Waals surface area contributed by atoms with E-state index in [0.717, 1.165) is 33.9 Å². The second kappa shape index (κ2) is 10.3. The van der Waals surface area contributed by atoms with Crippen molar-refractivity contribution in [2.45, 2.75) is 19.2 Å². The number of benzene rings is 2. The van der Waals surface area contributed by atoms with Crippen molar-refractivity contribution in [2.75, 3.05) is 27.2 Å². The van der Waals surface area contributed by atoms with Crippen molar-refractivity contribution in [1.29, 1.82) is 0 Å². The summed E-state index contributed by atoms with van der Waals surface area (Å²) >= 11 is 1.66. The minimum Gasteiger partial charge on any atom is -0.497 e. The van der Waals surface area contributed by atoms with Gasteiger partial charge in [0.05, 0.1) is 25.5 Å². The van der Waals surface area contributed by atoms with Crippen LogP contribution >= 0.6 is 11.3 Å². The molecule has 2 aromatic carbocycles. The Morgan fingerprint density at radius 1 is 1.23 bits per heavy atom. The van der Waals surface area contributed by atoms with Crippen molar-refractivity contribution in [3.8, 4) is 17.2 Å². The summed E-state index contributed by atoms with van der Waals surface area (Å²) in [5.41, 5.74) is 4.11. The number of aromatic nitrogens is 2. The van der Waals surface area contributed by atoms with Gasteiger partial charge in [0.2, 0.25) is 5.91 Å². The fraction of sp³-hybridized carbons (Fsp3) is 0.259. The van der Waals surface area contributed by atoms with E-state index < -0.39 is 0 Å². The van der Waals surface area contributed by atoms with Crippen LogP contribution in [0.3, 0.4) is 0 Å². The molecule has 1 aliphatic rings. The van der Waals surface area contributed by atoms with Crippen LogP contribution in [0.1, 0.15) is 22.8 Å². The van der Waals surface area contributed by atoms with Gasteiger partial charge in [-0.3, -0.25) is 9.69 Å². The lowest BCUT2D eigenvalue weighted by Gasteiger charge is -2.25. The quantitative estimate of drug-likeness (QED) is 0.382. The van der Waals surface area contributed by atoms with Gasteiger partial charge < -0.3 is 14.4 Å². The highest BCUT2D eigenvalue weighted by Gasteiger charge is 2.26. The highest BCUT2D eigenvalue weighted by atomic mass is 32.1. The van der Waals surface area contributed by atoms with Gasteiger partial charge in [-0.25, -0.2) is 4.68 Å². The van der Waals surface area contributed by atoms with E-state index in [9.17, 15) is 4.79 Å². The molecule has 1 atom stereocenters. The summed E-state index contributed by atoms with van der Waals surface area (Å²) in [6, 6.07) is 17.9. The summed E-state index contributed by atoms with van der Waals surface area (Å²) in [7, 11) is 3.48. The molecule has 1 aliphatic heterocycles. The van der Waals surface area contributed by atoms with Gasteiger partial charge in [0.15, 0.2) is 0 Å². The number of carbonyl (C=O) groups is 1. The van der Waals surface area contributed by atoms with Crippen LogP contribution in [-0.4, -0.2) is 52.7 Å². The van der Waals surface area contributed by atoms with Crippen molar-refractivity contribution in [2.24, 2.45) is 0 Å². The van der Waals surface area contributed by atoms with Gasteiger partial charge in [-0.2, -0.15) is 16.4 Å². The minimum absolute atomic E-state index is 0.0579. The van der Waals surface area contributed by atoms with Gasteiger partial charge in [-0.05, 0) is 35.0 Å². The molecule has 1 unspecified atom stereocenters. The lowest BCUT2D eigenvalue weighted by atomic mass is 10.2. The zero-order valence-corrected chi connectivity index (χ0v) is 20.6. The number of carbonyl (C=O) groups excluding carboxylic acids is 1. The summed E-state index contributed by atoms with van der Waals surface area (Å²) in [6.45, 7) is 2.12. The van der Waals surface area contributed by atoms with Crippen LogP contribution in [-0.2, 0) is 17.9 Å². The lowest BCUT2D eigenvalue weighted by Crippen LogP contribution is -2.39. The largest absolute Gasteiger partial charge is 0.497 e. The molecule has 4 aromatic rings. The molecule has 0 spiro atoms. The average molecular weight is 489 g/mol. The molecule has 0 saturated heterocycles. The van der Waals surface area contributed by atoms with Gasteiger partial charge in [0, 0.05) is 55.6 Å². The number of fused-ring (bicyclic) bond motifs is 1. The molecule has 2 aromatic heterocycles. The molecule has 0 bridgehead atoms. The number of para-hydroxylation sites is 1. The molecule has 3 heterocycles. The van der Waals surface area contributed by atoms with Crippen LogP contribution in [0, 0.1) is 0 Å². The van der Waals surface area contributed by atoms with Crippen molar-refractivity contribution >= 4 is 17.2 Å². The van der Waals surface area contributed by atoms with E-state index in [1.165, 1.54) is 0 Å². The third-order valence-electron chi connectivity index (χ3n) is 6.13. The zero-order valence-electron chi connectivity index (χ0n) is 19.8. The molecule has 180 valence electrons. The number of thiophene rings is 1. The van der Waals surface area contributed by atoms with Gasteiger partial charge >= 0.3 is 0 Å². The zero-order chi connectivity index (χ0) is 24.2. The molecule has 35 heavy (non-hydrogen) atoms. The number of rotatable bonds is 7. The summed E-state index contributed by atoms with van der Waals surface area (Å²) in [6.07, 6.45) is 3.64. The van der Waals surface area contributed by atoms with Crippen molar-refractivity contribution < 1.29 is 14.3 Å². The van der Waals surface area contributed by atoms with Crippen LogP contribution in [0.15, 0.2) is 77.8 Å². The number of nitrogens with zero attached hydrogens (tertiary/aromatic N) is 4. The Morgan fingerprint density at radius 3 is 2.94 bits per heavy atom. The Balaban J connectivity index is 1.26. The Kier molecular flexibility index (Phi) is 6.83. The normalized spacial score (nSPS) is 15.7. The third-order valence-corrected chi connectivity index (χ3v) is 6.83.